The lowest BCUT2D eigenvalue weighted by molar-refractivity contribution is -0.123. The molecule has 4 aromatic rings. The Morgan fingerprint density at radius 2 is 1.74 bits per heavy atom. The lowest BCUT2D eigenvalue weighted by atomic mass is 10.3. The highest BCUT2D eigenvalue weighted by atomic mass is 32.2. The highest BCUT2D eigenvalue weighted by Crippen LogP contribution is 2.21. The SMILES string of the molecule is Cc1nnc(NS(=O)(=O)c2ccc(NC(=O)C(C)OC(=O)c3cnc4ccccc4n3)cc2)s1. The van der Waals surface area contributed by atoms with Gasteiger partial charge in [0.2, 0.25) is 5.13 Å². The number of hydrogen-bond acceptors (Lipinski definition) is 10. The summed E-state index contributed by atoms with van der Waals surface area (Å²) in [6, 6.07) is 12.5. The van der Waals surface area contributed by atoms with E-state index in [4.69, 9.17) is 4.74 Å². The van der Waals surface area contributed by atoms with Gasteiger partial charge in [-0.2, -0.15) is 0 Å². The number of rotatable bonds is 7. The Labute approximate surface area is 198 Å². The summed E-state index contributed by atoms with van der Waals surface area (Å²) >= 11 is 1.11. The van der Waals surface area contributed by atoms with Crippen LogP contribution in [-0.4, -0.2) is 46.6 Å². The van der Waals surface area contributed by atoms with E-state index in [1.807, 2.05) is 0 Å². The number of aryl methyl sites for hydroxylation is 1. The maximum atomic E-state index is 12.5. The van der Waals surface area contributed by atoms with Crippen molar-refractivity contribution in [2.45, 2.75) is 24.8 Å². The van der Waals surface area contributed by atoms with Crippen LogP contribution in [0.5, 0.6) is 0 Å². The molecular formula is C21H18N6O5S2. The van der Waals surface area contributed by atoms with E-state index in [9.17, 15) is 18.0 Å². The van der Waals surface area contributed by atoms with Crippen LogP contribution < -0.4 is 10.0 Å². The van der Waals surface area contributed by atoms with Gasteiger partial charge in [0.1, 0.15) is 5.01 Å². The van der Waals surface area contributed by atoms with E-state index in [1.54, 1.807) is 31.2 Å². The molecule has 0 bridgehead atoms. The zero-order chi connectivity index (χ0) is 24.3. The summed E-state index contributed by atoms with van der Waals surface area (Å²) in [5.41, 5.74) is 1.46. The molecule has 2 N–H and O–H groups in total. The van der Waals surface area contributed by atoms with Gasteiger partial charge >= 0.3 is 5.97 Å². The molecule has 13 heteroatoms. The van der Waals surface area contributed by atoms with Crippen molar-refractivity contribution in [1.82, 2.24) is 20.2 Å². The van der Waals surface area contributed by atoms with Crippen LogP contribution in [0.4, 0.5) is 10.8 Å². The second kappa shape index (κ2) is 9.49. The summed E-state index contributed by atoms with van der Waals surface area (Å²) in [6.07, 6.45) is 0.150. The Kier molecular flexibility index (Phi) is 6.47. The number of hydrogen-bond donors (Lipinski definition) is 2. The van der Waals surface area contributed by atoms with Gasteiger partial charge in [-0.05, 0) is 50.2 Å². The zero-order valence-corrected chi connectivity index (χ0v) is 19.6. The number of amides is 1. The summed E-state index contributed by atoms with van der Waals surface area (Å²) in [7, 11) is -3.86. The molecule has 11 nitrogen and oxygen atoms in total. The maximum absolute atomic E-state index is 12.5. The molecule has 2 heterocycles. The van der Waals surface area contributed by atoms with Gasteiger partial charge in [0.25, 0.3) is 15.9 Å². The number of nitrogens with zero attached hydrogens (tertiary/aromatic N) is 4. The van der Waals surface area contributed by atoms with E-state index < -0.39 is 28.0 Å². The van der Waals surface area contributed by atoms with Crippen molar-refractivity contribution < 1.29 is 22.7 Å². The molecule has 0 saturated carbocycles. The highest BCUT2D eigenvalue weighted by Gasteiger charge is 2.21. The van der Waals surface area contributed by atoms with Crippen LogP contribution in [0.1, 0.15) is 22.4 Å². The number of carbonyl (C=O) groups excluding carboxylic acids is 2. The molecule has 1 amide bonds. The van der Waals surface area contributed by atoms with Crippen molar-refractivity contribution in [3.05, 3.63) is 65.4 Å². The number of anilines is 2. The Morgan fingerprint density at radius 1 is 1.03 bits per heavy atom. The molecule has 0 aliphatic rings. The Balaban J connectivity index is 1.37. The minimum absolute atomic E-state index is 0.0206. The van der Waals surface area contributed by atoms with E-state index in [2.05, 4.69) is 30.2 Å². The van der Waals surface area contributed by atoms with Crippen molar-refractivity contribution >= 4 is 55.1 Å². The zero-order valence-electron chi connectivity index (χ0n) is 17.9. The van der Waals surface area contributed by atoms with Crippen molar-refractivity contribution in [2.75, 3.05) is 10.0 Å². The number of benzene rings is 2. The molecule has 4 rings (SSSR count). The fourth-order valence-corrected chi connectivity index (χ4v) is 4.62. The number of nitrogens with one attached hydrogen (secondary N) is 2. The average Bonchev–Trinajstić information content (AvgIpc) is 3.22. The molecule has 0 fully saturated rings. The van der Waals surface area contributed by atoms with Gasteiger partial charge in [-0.1, -0.05) is 23.5 Å². The summed E-state index contributed by atoms with van der Waals surface area (Å²) in [4.78, 5) is 33.2. The summed E-state index contributed by atoms with van der Waals surface area (Å²) in [6.45, 7) is 3.12. The topological polar surface area (TPSA) is 153 Å². The molecule has 34 heavy (non-hydrogen) atoms. The molecule has 1 unspecified atom stereocenters. The third kappa shape index (κ3) is 5.32. The van der Waals surface area contributed by atoms with Crippen LogP contribution in [0.15, 0.2) is 59.6 Å². The quantitative estimate of drug-likeness (QED) is 0.366. The predicted molar refractivity (Wildman–Crippen MR) is 125 cm³/mol. The van der Waals surface area contributed by atoms with Gasteiger partial charge in [0.05, 0.1) is 22.1 Å². The minimum atomic E-state index is -3.86. The summed E-state index contributed by atoms with van der Waals surface area (Å²) in [5.74, 6) is -1.39. The normalized spacial score (nSPS) is 12.2. The lowest BCUT2D eigenvalue weighted by Gasteiger charge is -2.13. The fourth-order valence-electron chi connectivity index (χ4n) is 2.80. The fraction of sp³-hybridized carbons (Fsp3) is 0.143. The van der Waals surface area contributed by atoms with Gasteiger partial charge in [-0.25, -0.2) is 18.2 Å². The number of fused-ring (bicyclic) bond motifs is 1. The first-order chi connectivity index (χ1) is 16.2. The van der Waals surface area contributed by atoms with Gasteiger partial charge in [0, 0.05) is 5.69 Å². The second-order valence-corrected chi connectivity index (χ2v) is 9.90. The van der Waals surface area contributed by atoms with E-state index in [0.29, 0.717) is 21.7 Å². The summed E-state index contributed by atoms with van der Waals surface area (Å²) in [5, 5.41) is 10.8. The largest absolute Gasteiger partial charge is 0.448 e. The number of esters is 1. The smallest absolute Gasteiger partial charge is 0.359 e. The van der Waals surface area contributed by atoms with E-state index in [1.165, 1.54) is 37.4 Å². The van der Waals surface area contributed by atoms with Crippen LogP contribution in [0.2, 0.25) is 0 Å². The van der Waals surface area contributed by atoms with E-state index in [0.717, 1.165) is 11.3 Å². The van der Waals surface area contributed by atoms with E-state index >= 15 is 0 Å². The monoisotopic (exact) mass is 498 g/mol. The van der Waals surface area contributed by atoms with Crippen LogP contribution in [0.25, 0.3) is 11.0 Å². The standard InChI is InChI=1S/C21H18N6O5S2/c1-12(32-20(29)18-11-22-16-5-3-4-6-17(16)24-18)19(28)23-14-7-9-15(10-8-14)34(30,31)27-21-26-25-13(2)33-21/h3-12H,1-2H3,(H,23,28)(H,26,27). The first-order valence-corrected chi connectivity index (χ1v) is 12.2. The minimum Gasteiger partial charge on any atom is -0.448 e. The maximum Gasteiger partial charge on any atom is 0.359 e. The number of sulfonamides is 1. The third-order valence-electron chi connectivity index (χ3n) is 4.49. The third-order valence-corrected chi connectivity index (χ3v) is 6.73. The lowest BCUT2D eigenvalue weighted by Crippen LogP contribution is -2.30. The molecule has 0 saturated heterocycles. The van der Waals surface area contributed by atoms with Gasteiger partial charge in [-0.15, -0.1) is 10.2 Å². The molecule has 174 valence electrons. The molecule has 0 aliphatic carbocycles. The molecule has 0 aliphatic heterocycles. The Bertz CT molecular complexity index is 1470. The highest BCUT2D eigenvalue weighted by molar-refractivity contribution is 7.93. The van der Waals surface area contributed by atoms with Crippen LogP contribution in [-0.2, 0) is 19.6 Å². The average molecular weight is 499 g/mol. The molecule has 0 radical (unpaired) electrons. The van der Waals surface area contributed by atoms with Crippen LogP contribution >= 0.6 is 11.3 Å². The van der Waals surface area contributed by atoms with Gasteiger partial charge < -0.3 is 10.1 Å². The predicted octanol–water partition coefficient (Wildman–Crippen LogP) is 2.77. The first kappa shape index (κ1) is 23.2. The number of aromatic nitrogens is 4. The number of ether oxygens (including phenoxy) is 1. The molecule has 1 atom stereocenters. The number of carbonyl (C=O) groups is 2. The second-order valence-electron chi connectivity index (χ2n) is 7.04. The molecular weight excluding hydrogens is 480 g/mol. The van der Waals surface area contributed by atoms with Crippen molar-refractivity contribution in [3.8, 4) is 0 Å². The van der Waals surface area contributed by atoms with Crippen LogP contribution in [0.3, 0.4) is 0 Å². The molecule has 2 aromatic carbocycles. The van der Waals surface area contributed by atoms with Crippen molar-refractivity contribution in [2.24, 2.45) is 0 Å². The summed E-state index contributed by atoms with van der Waals surface area (Å²) < 4.78 is 32.5. The van der Waals surface area contributed by atoms with Crippen LogP contribution in [0, 0.1) is 6.92 Å². The Hall–Kier alpha value is -3.97. The molecule has 0 spiro atoms. The van der Waals surface area contributed by atoms with Gasteiger partial charge in [-0.3, -0.25) is 14.5 Å². The number of para-hydroxylation sites is 2. The molecule has 2 aromatic heterocycles. The van der Waals surface area contributed by atoms with Gasteiger partial charge in [0.15, 0.2) is 11.8 Å². The first-order valence-electron chi connectivity index (χ1n) is 9.88. The van der Waals surface area contributed by atoms with Crippen molar-refractivity contribution in [1.29, 1.82) is 0 Å². The Morgan fingerprint density at radius 3 is 2.41 bits per heavy atom. The van der Waals surface area contributed by atoms with Crippen molar-refractivity contribution in [3.63, 3.8) is 0 Å². The van der Waals surface area contributed by atoms with E-state index in [-0.39, 0.29) is 15.7 Å².